The van der Waals surface area contributed by atoms with Crippen LogP contribution in [0.2, 0.25) is 0 Å². The molecule has 0 unspecified atom stereocenters. The highest BCUT2D eigenvalue weighted by Crippen LogP contribution is 2.30. The fourth-order valence-corrected chi connectivity index (χ4v) is 2.97. The summed E-state index contributed by atoms with van der Waals surface area (Å²) in [7, 11) is 0. The molecule has 0 saturated heterocycles. The zero-order chi connectivity index (χ0) is 19.4. The summed E-state index contributed by atoms with van der Waals surface area (Å²) in [5.74, 6) is 5.01. The minimum atomic E-state index is 0.138. The summed E-state index contributed by atoms with van der Waals surface area (Å²) in [6, 6.07) is 0. The molecule has 0 aliphatic rings. The molecule has 136 valence electrons. The lowest BCUT2D eigenvalue weighted by molar-refractivity contribution is 0.562. The van der Waals surface area contributed by atoms with Crippen molar-refractivity contribution in [1.82, 2.24) is 0 Å². The fraction of sp³-hybridized carbons (Fsp3) is 0.471. The fourth-order valence-electron chi connectivity index (χ4n) is 2.97. The molecule has 0 aliphatic heterocycles. The van der Waals surface area contributed by atoms with Gasteiger partial charge in [-0.2, -0.15) is 5.11 Å². The van der Waals surface area contributed by atoms with Crippen molar-refractivity contribution in [1.29, 1.82) is 0 Å². The van der Waals surface area contributed by atoms with E-state index in [1.165, 1.54) is 6.08 Å². The molecule has 9 heteroatoms. The first kappa shape index (κ1) is 20.8. The van der Waals surface area contributed by atoms with Gasteiger partial charge in [0.1, 0.15) is 0 Å². The van der Waals surface area contributed by atoms with Gasteiger partial charge in [0.25, 0.3) is 0 Å². The molecule has 0 radical (unpaired) electrons. The van der Waals surface area contributed by atoms with E-state index in [0.717, 1.165) is 33.4 Å². The van der Waals surface area contributed by atoms with Gasteiger partial charge in [0.2, 0.25) is 18.2 Å². The Bertz CT molecular complexity index is 767. The van der Waals surface area contributed by atoms with Gasteiger partial charge in [0, 0.05) is 0 Å². The number of nitrogens with two attached hydrogens (primary N) is 1. The van der Waals surface area contributed by atoms with Crippen LogP contribution in [0.3, 0.4) is 0 Å². The van der Waals surface area contributed by atoms with Gasteiger partial charge in [-0.15, -0.1) is 0 Å². The molecule has 1 aromatic carbocycles. The molecule has 1 rings (SSSR count). The first-order valence-corrected chi connectivity index (χ1v) is 7.92. The smallest absolute Gasteiger partial charge is 0.235 e. The Balaban J connectivity index is 3.58. The van der Waals surface area contributed by atoms with Gasteiger partial charge in [0.05, 0.1) is 26.2 Å². The Morgan fingerprint density at radius 2 is 1.23 bits per heavy atom. The first-order valence-electron chi connectivity index (χ1n) is 7.92. The second kappa shape index (κ2) is 11.3. The van der Waals surface area contributed by atoms with E-state index in [4.69, 9.17) is 5.84 Å². The van der Waals surface area contributed by atoms with Gasteiger partial charge in [-0.05, 0) is 60.1 Å². The molecule has 0 aromatic heterocycles. The number of isocyanates is 3. The maximum Gasteiger partial charge on any atom is 0.235 e. The Hall–Kier alpha value is -3.24. The predicted molar refractivity (Wildman–Crippen MR) is 93.6 cm³/mol. The molecule has 0 saturated carbocycles. The molecule has 0 heterocycles. The van der Waals surface area contributed by atoms with E-state index in [1.54, 1.807) is 12.2 Å². The standard InChI is InChI=1S/C17H20N6O3/c1-12-15(6-19-9-24)13(2)17(8-21-11-26)14(4-3-5-22-23-18)16(12)7-20-10-25/h3-8H2,1-2H3,(H2,18,22). The molecule has 0 aliphatic carbocycles. The van der Waals surface area contributed by atoms with Gasteiger partial charge in [0.15, 0.2) is 0 Å². The third-order valence-corrected chi connectivity index (χ3v) is 4.21. The molecule has 26 heavy (non-hydrogen) atoms. The number of rotatable bonds is 10. The van der Waals surface area contributed by atoms with Crippen LogP contribution in [0.1, 0.15) is 39.8 Å². The van der Waals surface area contributed by atoms with Crippen LogP contribution in [0.25, 0.3) is 0 Å². The summed E-state index contributed by atoms with van der Waals surface area (Å²) in [4.78, 5) is 42.8. The average molecular weight is 356 g/mol. The summed E-state index contributed by atoms with van der Waals surface area (Å²) in [6.45, 7) is 4.64. The number of carbonyl (C=O) groups excluding carboxylic acids is 3. The van der Waals surface area contributed by atoms with E-state index in [0.29, 0.717) is 19.4 Å². The SMILES string of the molecule is Cc1c(CN=C=O)c(C)c(CN=C=O)c(CCCN=NN)c1CN=C=O. The zero-order valence-corrected chi connectivity index (χ0v) is 14.8. The number of benzene rings is 1. The monoisotopic (exact) mass is 356 g/mol. The van der Waals surface area contributed by atoms with Crippen molar-refractivity contribution in [2.45, 2.75) is 46.3 Å². The van der Waals surface area contributed by atoms with Crippen molar-refractivity contribution >= 4 is 18.2 Å². The van der Waals surface area contributed by atoms with Crippen molar-refractivity contribution < 1.29 is 14.4 Å². The van der Waals surface area contributed by atoms with E-state index >= 15 is 0 Å². The van der Waals surface area contributed by atoms with Crippen LogP contribution in [0, 0.1) is 13.8 Å². The van der Waals surface area contributed by atoms with E-state index in [-0.39, 0.29) is 19.6 Å². The quantitative estimate of drug-likeness (QED) is 0.171. The minimum absolute atomic E-state index is 0.138. The van der Waals surface area contributed by atoms with Crippen LogP contribution in [0.4, 0.5) is 0 Å². The van der Waals surface area contributed by atoms with Crippen molar-refractivity contribution in [3.63, 3.8) is 0 Å². The van der Waals surface area contributed by atoms with Crippen molar-refractivity contribution in [2.75, 3.05) is 6.54 Å². The van der Waals surface area contributed by atoms with Gasteiger partial charge >= 0.3 is 0 Å². The molecule has 9 nitrogen and oxygen atoms in total. The average Bonchev–Trinajstić information content (AvgIpc) is 2.64. The van der Waals surface area contributed by atoms with Crippen LogP contribution in [-0.4, -0.2) is 24.8 Å². The Morgan fingerprint density at radius 3 is 1.65 bits per heavy atom. The number of hydrogen-bond donors (Lipinski definition) is 1. The molecule has 0 fully saturated rings. The summed E-state index contributed by atoms with van der Waals surface area (Å²) >= 11 is 0. The van der Waals surface area contributed by atoms with Gasteiger partial charge in [-0.1, -0.05) is 5.22 Å². The van der Waals surface area contributed by atoms with Crippen LogP contribution in [0.15, 0.2) is 25.3 Å². The van der Waals surface area contributed by atoms with E-state index in [1.807, 2.05) is 13.8 Å². The Morgan fingerprint density at radius 1 is 0.769 bits per heavy atom. The third kappa shape index (κ3) is 5.40. The lowest BCUT2D eigenvalue weighted by atomic mass is 9.85. The van der Waals surface area contributed by atoms with E-state index in [9.17, 15) is 14.4 Å². The second-order valence-electron chi connectivity index (χ2n) is 5.47. The largest absolute Gasteiger partial charge is 0.305 e. The molecule has 0 amide bonds. The molecule has 0 atom stereocenters. The topological polar surface area (TPSA) is 139 Å². The predicted octanol–water partition coefficient (Wildman–Crippen LogP) is 2.07. The van der Waals surface area contributed by atoms with Crippen LogP contribution >= 0.6 is 0 Å². The molecular formula is C17H20N6O3. The number of hydrogen-bond acceptors (Lipinski definition) is 8. The Kier molecular flexibility index (Phi) is 9.07. The highest BCUT2D eigenvalue weighted by molar-refractivity contribution is 5.53. The summed E-state index contributed by atoms with van der Waals surface area (Å²) in [5, 5.41) is 6.98. The number of aliphatic imine (C=N–C) groups is 3. The molecule has 0 bridgehead atoms. The van der Waals surface area contributed by atoms with E-state index in [2.05, 4.69) is 25.3 Å². The van der Waals surface area contributed by atoms with E-state index < -0.39 is 0 Å². The second-order valence-corrected chi connectivity index (χ2v) is 5.47. The Labute approximate surface area is 150 Å². The molecule has 1 aromatic rings. The van der Waals surface area contributed by atoms with Crippen LogP contribution < -0.4 is 5.84 Å². The summed E-state index contributed by atoms with van der Waals surface area (Å²) in [5.41, 5.74) is 5.19. The lowest BCUT2D eigenvalue weighted by Crippen LogP contribution is -2.10. The summed E-state index contributed by atoms with van der Waals surface area (Å²) in [6.07, 6.45) is 5.89. The number of nitrogens with zero attached hydrogens (tertiary/aromatic N) is 5. The molecule has 2 N–H and O–H groups in total. The van der Waals surface area contributed by atoms with Crippen LogP contribution in [0.5, 0.6) is 0 Å². The maximum atomic E-state index is 10.6. The first-order chi connectivity index (χ1) is 12.6. The van der Waals surface area contributed by atoms with Gasteiger partial charge in [-0.25, -0.2) is 29.4 Å². The normalized spacial score (nSPS) is 10.1. The van der Waals surface area contributed by atoms with Crippen molar-refractivity contribution in [2.24, 2.45) is 31.2 Å². The summed E-state index contributed by atoms with van der Waals surface area (Å²) < 4.78 is 0. The maximum absolute atomic E-state index is 10.6. The third-order valence-electron chi connectivity index (χ3n) is 4.21. The lowest BCUT2D eigenvalue weighted by Gasteiger charge is -2.21. The molecular weight excluding hydrogens is 336 g/mol. The molecule has 0 spiro atoms. The highest BCUT2D eigenvalue weighted by atomic mass is 16.1. The van der Waals surface area contributed by atoms with Crippen molar-refractivity contribution in [3.8, 4) is 0 Å². The minimum Gasteiger partial charge on any atom is -0.305 e. The zero-order valence-electron chi connectivity index (χ0n) is 14.8. The highest BCUT2D eigenvalue weighted by Gasteiger charge is 2.19. The van der Waals surface area contributed by atoms with Gasteiger partial charge in [-0.3, -0.25) is 0 Å². The van der Waals surface area contributed by atoms with Gasteiger partial charge < -0.3 is 5.84 Å². The van der Waals surface area contributed by atoms with Crippen molar-refractivity contribution in [3.05, 3.63) is 33.4 Å². The van der Waals surface area contributed by atoms with Crippen LogP contribution in [-0.2, 0) is 40.4 Å².